The van der Waals surface area contributed by atoms with Crippen LogP contribution in [0.2, 0.25) is 0 Å². The molecule has 0 fully saturated rings. The van der Waals surface area contributed by atoms with Crippen molar-refractivity contribution in [2.45, 2.75) is 61.3 Å². The Kier molecular flexibility index (Phi) is 5.27. The first-order chi connectivity index (χ1) is 11.4. The van der Waals surface area contributed by atoms with Crippen LogP contribution in [0.4, 0.5) is 0 Å². The highest BCUT2D eigenvalue weighted by molar-refractivity contribution is 6.12. The van der Waals surface area contributed by atoms with Crippen LogP contribution in [0.5, 0.6) is 0 Å². The minimum absolute atomic E-state index is 0.164. The van der Waals surface area contributed by atoms with Crippen LogP contribution in [0.15, 0.2) is 53.1 Å². The summed E-state index contributed by atoms with van der Waals surface area (Å²) < 4.78 is 0. The molecule has 0 saturated heterocycles. The van der Waals surface area contributed by atoms with Crippen molar-refractivity contribution in [2.24, 2.45) is 10.8 Å². The maximum atomic E-state index is 13.0. The average molecular weight is 337 g/mol. The van der Waals surface area contributed by atoms with E-state index in [1.165, 1.54) is 11.1 Å². The lowest BCUT2D eigenvalue weighted by molar-refractivity contribution is -0.114. The summed E-state index contributed by atoms with van der Waals surface area (Å²) in [5, 5.41) is 0. The maximum absolute atomic E-state index is 13.0. The molecule has 1 aliphatic carbocycles. The van der Waals surface area contributed by atoms with Gasteiger partial charge < -0.3 is 0 Å². The summed E-state index contributed by atoms with van der Waals surface area (Å²) in [6, 6.07) is 8.70. The van der Waals surface area contributed by atoms with Gasteiger partial charge in [-0.25, -0.2) is 0 Å². The zero-order valence-corrected chi connectivity index (χ0v) is 17.0. The van der Waals surface area contributed by atoms with E-state index in [9.17, 15) is 4.79 Å². The van der Waals surface area contributed by atoms with Crippen molar-refractivity contribution in [1.29, 1.82) is 0 Å². The summed E-state index contributed by atoms with van der Waals surface area (Å²) in [6.07, 6.45) is 6.30. The van der Waals surface area contributed by atoms with E-state index in [1.807, 2.05) is 0 Å². The van der Waals surface area contributed by atoms with Gasteiger partial charge in [0.1, 0.15) is 0 Å². The molecule has 1 aromatic carbocycles. The molecule has 0 radical (unpaired) electrons. The first-order valence-electron chi connectivity index (χ1n) is 9.20. The molecule has 0 bridgehead atoms. The number of hydrogen-bond donors (Lipinski definition) is 0. The van der Waals surface area contributed by atoms with Gasteiger partial charge in [0, 0.05) is 11.1 Å². The van der Waals surface area contributed by atoms with Crippen molar-refractivity contribution in [1.82, 2.24) is 0 Å². The lowest BCUT2D eigenvalue weighted by Crippen LogP contribution is -2.27. The molecular weight excluding hydrogens is 304 g/mol. The number of rotatable bonds is 2. The third-order valence-corrected chi connectivity index (χ3v) is 4.66. The molecule has 1 heteroatoms. The number of allylic oxidation sites excluding steroid dienone is 5. The summed E-state index contributed by atoms with van der Waals surface area (Å²) in [5.41, 5.74) is 5.08. The molecule has 0 spiro atoms. The van der Waals surface area contributed by atoms with Crippen LogP contribution >= 0.6 is 0 Å². The van der Waals surface area contributed by atoms with Gasteiger partial charge >= 0.3 is 0 Å². The minimum atomic E-state index is -0.164. The van der Waals surface area contributed by atoms with Crippen LogP contribution in [-0.4, -0.2) is 5.78 Å². The molecule has 0 unspecified atom stereocenters. The molecule has 25 heavy (non-hydrogen) atoms. The highest BCUT2D eigenvalue weighted by atomic mass is 16.1. The Morgan fingerprint density at radius 1 is 0.800 bits per heavy atom. The van der Waals surface area contributed by atoms with Crippen molar-refractivity contribution in [3.05, 3.63) is 64.3 Å². The van der Waals surface area contributed by atoms with Crippen LogP contribution in [-0.2, 0) is 4.79 Å². The molecule has 2 rings (SSSR count). The zero-order valence-electron chi connectivity index (χ0n) is 17.0. The normalized spacial score (nSPS) is 16.0. The Labute approximate surface area is 153 Å². The molecule has 0 N–H and O–H groups in total. The van der Waals surface area contributed by atoms with Crippen molar-refractivity contribution < 1.29 is 4.79 Å². The fourth-order valence-corrected chi connectivity index (χ4v) is 3.02. The van der Waals surface area contributed by atoms with E-state index in [4.69, 9.17) is 0 Å². The fraction of sp³-hybridized carbons (Fsp3) is 0.458. The SMILES string of the molecule is CC(C)c1ccc(C=C2C=C(C(C)(C)C)C(=O)C(C(C)(C)C)=C2)cc1. The van der Waals surface area contributed by atoms with Gasteiger partial charge in [-0.3, -0.25) is 4.79 Å². The van der Waals surface area contributed by atoms with Crippen LogP contribution in [0, 0.1) is 10.8 Å². The Hall–Kier alpha value is -1.89. The van der Waals surface area contributed by atoms with Gasteiger partial charge in [0.2, 0.25) is 0 Å². The molecule has 0 aliphatic heterocycles. The third kappa shape index (κ3) is 4.60. The van der Waals surface area contributed by atoms with Crippen molar-refractivity contribution in [3.8, 4) is 0 Å². The molecule has 0 saturated carbocycles. The zero-order chi connectivity index (χ0) is 19.0. The third-order valence-electron chi connectivity index (χ3n) is 4.66. The van der Waals surface area contributed by atoms with Crippen molar-refractivity contribution >= 4 is 11.9 Å². The molecule has 1 aliphatic rings. The Morgan fingerprint density at radius 2 is 1.24 bits per heavy atom. The summed E-state index contributed by atoms with van der Waals surface area (Å²) >= 11 is 0. The van der Waals surface area contributed by atoms with Gasteiger partial charge in [-0.1, -0.05) is 79.7 Å². The molecule has 134 valence electrons. The standard InChI is InChI=1S/C24H32O/c1-16(2)19-11-9-17(10-12-19)13-18-14-20(23(3,4)5)22(25)21(15-18)24(6,7)8/h9-16H,1-8H3. The van der Waals surface area contributed by atoms with E-state index in [0.717, 1.165) is 16.7 Å². The lowest BCUT2D eigenvalue weighted by Gasteiger charge is -2.31. The number of Topliss-reactive ketones (excluding diaryl/α,β-unsaturated/α-hetero) is 1. The van der Waals surface area contributed by atoms with Gasteiger partial charge in [-0.15, -0.1) is 0 Å². The smallest absolute Gasteiger partial charge is 0.186 e. The highest BCUT2D eigenvalue weighted by Gasteiger charge is 2.33. The first-order valence-corrected chi connectivity index (χ1v) is 9.20. The quantitative estimate of drug-likeness (QED) is 0.586. The van der Waals surface area contributed by atoms with E-state index in [0.29, 0.717) is 5.92 Å². The van der Waals surface area contributed by atoms with Crippen LogP contribution in [0.25, 0.3) is 6.08 Å². The summed E-state index contributed by atoms with van der Waals surface area (Å²) in [7, 11) is 0. The van der Waals surface area contributed by atoms with Crippen LogP contribution < -0.4 is 0 Å². The highest BCUT2D eigenvalue weighted by Crippen LogP contribution is 2.39. The second-order valence-corrected chi connectivity index (χ2v) is 9.41. The molecule has 0 heterocycles. The lowest BCUT2D eigenvalue weighted by atomic mass is 9.72. The number of carbonyl (C=O) groups excluding carboxylic acids is 1. The van der Waals surface area contributed by atoms with Crippen LogP contribution in [0.3, 0.4) is 0 Å². The fourth-order valence-electron chi connectivity index (χ4n) is 3.02. The summed E-state index contributed by atoms with van der Waals surface area (Å²) in [6.45, 7) is 17.1. The average Bonchev–Trinajstić information content (AvgIpc) is 2.47. The molecule has 1 nitrogen and oxygen atoms in total. The first kappa shape index (κ1) is 19.4. The summed E-state index contributed by atoms with van der Waals surface area (Å²) in [4.78, 5) is 13.0. The second-order valence-electron chi connectivity index (χ2n) is 9.41. The van der Waals surface area contributed by atoms with E-state index in [-0.39, 0.29) is 16.6 Å². The van der Waals surface area contributed by atoms with Crippen LogP contribution in [0.1, 0.15) is 72.4 Å². The number of carbonyl (C=O) groups is 1. The molecule has 0 aromatic heterocycles. The minimum Gasteiger partial charge on any atom is -0.289 e. The van der Waals surface area contributed by atoms with Gasteiger partial charge in [-0.2, -0.15) is 0 Å². The van der Waals surface area contributed by atoms with E-state index >= 15 is 0 Å². The van der Waals surface area contributed by atoms with Gasteiger partial charge in [0.05, 0.1) is 0 Å². The van der Waals surface area contributed by atoms with Gasteiger partial charge in [0.25, 0.3) is 0 Å². The Balaban J connectivity index is 2.51. The van der Waals surface area contributed by atoms with Crippen molar-refractivity contribution in [2.75, 3.05) is 0 Å². The molecule has 0 atom stereocenters. The molecular formula is C24H32O. The topological polar surface area (TPSA) is 17.1 Å². The van der Waals surface area contributed by atoms with Gasteiger partial charge in [0.15, 0.2) is 5.78 Å². The van der Waals surface area contributed by atoms with Gasteiger partial charge in [-0.05, 0) is 51.7 Å². The maximum Gasteiger partial charge on any atom is 0.186 e. The predicted molar refractivity (Wildman–Crippen MR) is 109 cm³/mol. The Bertz CT molecular complexity index is 703. The van der Waals surface area contributed by atoms with E-state index < -0.39 is 0 Å². The second kappa shape index (κ2) is 6.78. The monoisotopic (exact) mass is 336 g/mol. The molecule has 0 amide bonds. The van der Waals surface area contributed by atoms with E-state index in [1.54, 1.807) is 0 Å². The number of hydrogen-bond acceptors (Lipinski definition) is 1. The number of ketones is 1. The molecule has 1 aromatic rings. The predicted octanol–water partition coefficient (Wildman–Crippen LogP) is 6.72. The van der Waals surface area contributed by atoms with E-state index in [2.05, 4.69) is 97.9 Å². The largest absolute Gasteiger partial charge is 0.289 e. The summed E-state index contributed by atoms with van der Waals surface area (Å²) in [5.74, 6) is 0.723. The Morgan fingerprint density at radius 3 is 1.60 bits per heavy atom. The number of benzene rings is 1. The van der Waals surface area contributed by atoms with Crippen molar-refractivity contribution in [3.63, 3.8) is 0 Å².